The Bertz CT molecular complexity index is 607. The summed E-state index contributed by atoms with van der Waals surface area (Å²) in [4.78, 5) is 16.0. The van der Waals surface area contributed by atoms with E-state index in [2.05, 4.69) is 58.9 Å². The molecule has 1 aromatic heterocycles. The van der Waals surface area contributed by atoms with Crippen LogP contribution in [0.3, 0.4) is 0 Å². The lowest BCUT2D eigenvalue weighted by Crippen LogP contribution is -2.42. The number of carbonyl (C=O) groups is 1. The van der Waals surface area contributed by atoms with Crippen LogP contribution in [0.2, 0.25) is 0 Å². The number of urea groups is 1. The molecule has 0 spiro atoms. The van der Waals surface area contributed by atoms with Gasteiger partial charge in [-0.3, -0.25) is 0 Å². The summed E-state index contributed by atoms with van der Waals surface area (Å²) in [5.74, 6) is 0.960. The minimum absolute atomic E-state index is 0.0923. The Hall–Kier alpha value is -2.37. The van der Waals surface area contributed by atoms with Crippen molar-refractivity contribution in [3.8, 4) is 0 Å². The van der Waals surface area contributed by atoms with Gasteiger partial charge in [-0.1, -0.05) is 41.9 Å². The molecule has 1 aromatic carbocycles. The van der Waals surface area contributed by atoms with Crippen molar-refractivity contribution < 1.29 is 9.32 Å². The fourth-order valence-electron chi connectivity index (χ4n) is 2.11. The second-order valence-corrected chi connectivity index (χ2v) is 5.35. The van der Waals surface area contributed by atoms with Crippen molar-refractivity contribution in [3.05, 3.63) is 47.1 Å². The molecule has 0 fully saturated rings. The van der Waals surface area contributed by atoms with Crippen molar-refractivity contribution in [2.75, 3.05) is 0 Å². The van der Waals surface area contributed by atoms with Crippen LogP contribution < -0.4 is 10.6 Å². The lowest BCUT2D eigenvalue weighted by Gasteiger charge is -2.17. The highest BCUT2D eigenvalue weighted by atomic mass is 16.5. The summed E-state index contributed by atoms with van der Waals surface area (Å²) < 4.78 is 4.85. The maximum absolute atomic E-state index is 11.9. The average Bonchev–Trinajstić information content (AvgIpc) is 2.92. The van der Waals surface area contributed by atoms with Gasteiger partial charge in [-0.15, -0.1) is 0 Å². The van der Waals surface area contributed by atoms with Crippen LogP contribution >= 0.6 is 0 Å². The number of benzene rings is 1. The van der Waals surface area contributed by atoms with E-state index in [1.165, 1.54) is 11.1 Å². The third kappa shape index (κ3) is 4.87. The number of hydrogen-bond donors (Lipinski definition) is 2. The molecule has 0 saturated heterocycles. The summed E-state index contributed by atoms with van der Waals surface area (Å²) in [6.07, 6.45) is 1.67. The van der Waals surface area contributed by atoms with E-state index < -0.39 is 0 Å². The van der Waals surface area contributed by atoms with Crippen LogP contribution in [0.5, 0.6) is 0 Å². The average molecular weight is 302 g/mol. The third-order valence-corrected chi connectivity index (χ3v) is 3.41. The Morgan fingerprint density at radius 3 is 2.59 bits per heavy atom. The molecule has 1 heterocycles. The fraction of sp³-hybridized carbons (Fsp3) is 0.438. The van der Waals surface area contributed by atoms with Gasteiger partial charge in [-0.2, -0.15) is 4.98 Å². The van der Waals surface area contributed by atoms with Gasteiger partial charge in [0.1, 0.15) is 0 Å². The molecule has 6 nitrogen and oxygen atoms in total. The van der Waals surface area contributed by atoms with Crippen molar-refractivity contribution in [3.63, 3.8) is 0 Å². The number of amides is 2. The summed E-state index contributed by atoms with van der Waals surface area (Å²) >= 11 is 0. The number of hydrogen-bond acceptors (Lipinski definition) is 4. The standard InChI is InChI=1S/C16H22N4O2/c1-4-14(9-13-7-5-11(2)6-8-13)19-16(21)17-10-15-18-12(3)22-20-15/h5-8,14H,4,9-10H2,1-3H3,(H2,17,19,21)/t14-/m1/s1. The zero-order chi connectivity index (χ0) is 15.9. The lowest BCUT2D eigenvalue weighted by atomic mass is 10.0. The summed E-state index contributed by atoms with van der Waals surface area (Å²) in [6, 6.07) is 8.23. The molecule has 22 heavy (non-hydrogen) atoms. The molecule has 118 valence electrons. The van der Waals surface area contributed by atoms with Gasteiger partial charge in [0.25, 0.3) is 0 Å². The molecule has 2 aromatic rings. The highest BCUT2D eigenvalue weighted by Crippen LogP contribution is 2.08. The number of aromatic nitrogens is 2. The molecule has 0 aliphatic carbocycles. The zero-order valence-corrected chi connectivity index (χ0v) is 13.2. The van der Waals surface area contributed by atoms with Crippen LogP contribution in [0, 0.1) is 13.8 Å². The van der Waals surface area contributed by atoms with Gasteiger partial charge in [-0.05, 0) is 25.3 Å². The van der Waals surface area contributed by atoms with Crippen molar-refractivity contribution in [2.24, 2.45) is 0 Å². The first-order valence-corrected chi connectivity index (χ1v) is 7.46. The topological polar surface area (TPSA) is 80.0 Å². The molecular formula is C16H22N4O2. The highest BCUT2D eigenvalue weighted by molar-refractivity contribution is 5.74. The van der Waals surface area contributed by atoms with Gasteiger partial charge < -0.3 is 15.2 Å². The number of nitrogens with zero attached hydrogens (tertiary/aromatic N) is 2. The van der Waals surface area contributed by atoms with E-state index in [-0.39, 0.29) is 18.6 Å². The molecule has 0 unspecified atom stereocenters. The van der Waals surface area contributed by atoms with Crippen LogP contribution in [0.4, 0.5) is 4.79 Å². The van der Waals surface area contributed by atoms with Gasteiger partial charge in [0.2, 0.25) is 5.89 Å². The van der Waals surface area contributed by atoms with E-state index in [1.54, 1.807) is 6.92 Å². The van der Waals surface area contributed by atoms with E-state index >= 15 is 0 Å². The number of nitrogens with one attached hydrogen (secondary N) is 2. The van der Waals surface area contributed by atoms with Gasteiger partial charge in [0.15, 0.2) is 5.82 Å². The Kier molecular flexibility index (Phi) is 5.52. The first-order chi connectivity index (χ1) is 10.6. The SMILES string of the molecule is CC[C@H](Cc1ccc(C)cc1)NC(=O)NCc1noc(C)n1. The van der Waals surface area contributed by atoms with Gasteiger partial charge in [0, 0.05) is 13.0 Å². The van der Waals surface area contributed by atoms with Gasteiger partial charge in [-0.25, -0.2) is 4.79 Å². The van der Waals surface area contributed by atoms with E-state index in [0.717, 1.165) is 12.8 Å². The molecule has 0 aliphatic rings. The van der Waals surface area contributed by atoms with E-state index in [9.17, 15) is 4.79 Å². The highest BCUT2D eigenvalue weighted by Gasteiger charge is 2.12. The van der Waals surface area contributed by atoms with Crippen LogP contribution in [0.15, 0.2) is 28.8 Å². The minimum atomic E-state index is -0.221. The molecule has 0 aliphatic heterocycles. The van der Waals surface area contributed by atoms with Crippen LogP contribution in [-0.2, 0) is 13.0 Å². The van der Waals surface area contributed by atoms with E-state index in [0.29, 0.717) is 11.7 Å². The Labute approximate surface area is 130 Å². The smallest absolute Gasteiger partial charge is 0.315 e. The Morgan fingerprint density at radius 2 is 2.00 bits per heavy atom. The monoisotopic (exact) mass is 302 g/mol. The first-order valence-electron chi connectivity index (χ1n) is 7.46. The lowest BCUT2D eigenvalue weighted by molar-refractivity contribution is 0.235. The summed E-state index contributed by atoms with van der Waals surface area (Å²) in [5, 5.41) is 9.44. The Balaban J connectivity index is 1.81. The van der Waals surface area contributed by atoms with Gasteiger partial charge >= 0.3 is 6.03 Å². The predicted molar refractivity (Wildman–Crippen MR) is 83.4 cm³/mol. The molecular weight excluding hydrogens is 280 g/mol. The van der Waals surface area contributed by atoms with Crippen molar-refractivity contribution in [1.29, 1.82) is 0 Å². The molecule has 6 heteroatoms. The second-order valence-electron chi connectivity index (χ2n) is 5.35. The van der Waals surface area contributed by atoms with E-state index in [1.807, 2.05) is 0 Å². The number of aryl methyl sites for hydroxylation is 2. The molecule has 0 radical (unpaired) electrons. The fourth-order valence-corrected chi connectivity index (χ4v) is 2.11. The molecule has 0 saturated carbocycles. The molecule has 0 bridgehead atoms. The summed E-state index contributed by atoms with van der Waals surface area (Å²) in [6.45, 7) is 6.09. The van der Waals surface area contributed by atoms with Crippen molar-refractivity contribution in [2.45, 2.75) is 46.2 Å². The number of carbonyl (C=O) groups excluding carboxylic acids is 1. The zero-order valence-electron chi connectivity index (χ0n) is 13.2. The molecule has 1 atom stereocenters. The van der Waals surface area contributed by atoms with Gasteiger partial charge in [0.05, 0.1) is 6.54 Å². The van der Waals surface area contributed by atoms with Crippen LogP contribution in [0.25, 0.3) is 0 Å². The minimum Gasteiger partial charge on any atom is -0.340 e. The summed E-state index contributed by atoms with van der Waals surface area (Å²) in [7, 11) is 0. The van der Waals surface area contributed by atoms with Crippen LogP contribution in [0.1, 0.15) is 36.2 Å². The quantitative estimate of drug-likeness (QED) is 0.859. The van der Waals surface area contributed by atoms with Crippen molar-refractivity contribution >= 4 is 6.03 Å². The molecule has 2 amide bonds. The number of rotatable bonds is 6. The molecule has 2 N–H and O–H groups in total. The second kappa shape index (κ2) is 7.59. The first kappa shape index (κ1) is 16.0. The summed E-state index contributed by atoms with van der Waals surface area (Å²) in [5.41, 5.74) is 2.45. The van der Waals surface area contributed by atoms with Crippen molar-refractivity contribution in [1.82, 2.24) is 20.8 Å². The molecule has 2 rings (SSSR count). The normalized spacial score (nSPS) is 12.0. The third-order valence-electron chi connectivity index (χ3n) is 3.41. The Morgan fingerprint density at radius 1 is 1.27 bits per heavy atom. The maximum atomic E-state index is 11.9. The maximum Gasteiger partial charge on any atom is 0.315 e. The van der Waals surface area contributed by atoms with E-state index in [4.69, 9.17) is 4.52 Å². The predicted octanol–water partition coefficient (Wildman–Crippen LogP) is 2.51. The largest absolute Gasteiger partial charge is 0.340 e. The van der Waals surface area contributed by atoms with Crippen LogP contribution in [-0.4, -0.2) is 22.2 Å².